The topological polar surface area (TPSA) is 80.3 Å². The van der Waals surface area contributed by atoms with Crippen molar-refractivity contribution in [1.29, 1.82) is 5.26 Å². The van der Waals surface area contributed by atoms with E-state index in [9.17, 15) is 0 Å². The zero-order valence-corrected chi connectivity index (χ0v) is 11.3. The minimum absolute atomic E-state index is 0.437. The number of nitrogen functional groups attached to an aromatic ring is 1. The SMILES string of the molecule is COc1cc(Nc2ccc(C#N)c(N)c2)cc(OC)c1. The predicted octanol–water partition coefficient (Wildman–Crippen LogP) is 2.90. The van der Waals surface area contributed by atoms with E-state index in [1.54, 1.807) is 38.5 Å². The Bertz CT molecular complexity index is 640. The van der Waals surface area contributed by atoms with E-state index in [0.29, 0.717) is 22.7 Å². The number of nitrogens with two attached hydrogens (primary N) is 1. The first kappa shape index (κ1) is 13.6. The number of nitrogens with one attached hydrogen (secondary N) is 1. The van der Waals surface area contributed by atoms with Crippen LogP contribution in [0, 0.1) is 11.3 Å². The van der Waals surface area contributed by atoms with Gasteiger partial charge in [0, 0.05) is 29.6 Å². The standard InChI is InChI=1S/C15H15N3O2/c1-19-13-5-12(6-14(8-13)20-2)18-11-4-3-10(9-16)15(17)7-11/h3-8,18H,17H2,1-2H3. The van der Waals surface area contributed by atoms with Gasteiger partial charge in [0.2, 0.25) is 0 Å². The summed E-state index contributed by atoms with van der Waals surface area (Å²) in [6.07, 6.45) is 0. The molecule has 0 aromatic heterocycles. The molecule has 2 rings (SSSR count). The molecule has 0 bridgehead atoms. The van der Waals surface area contributed by atoms with Crippen LogP contribution in [-0.4, -0.2) is 14.2 Å². The largest absolute Gasteiger partial charge is 0.497 e. The molecule has 5 nitrogen and oxygen atoms in total. The minimum atomic E-state index is 0.437. The molecule has 3 N–H and O–H groups in total. The van der Waals surface area contributed by atoms with Crippen LogP contribution in [0.25, 0.3) is 0 Å². The van der Waals surface area contributed by atoms with Crippen molar-refractivity contribution in [3.63, 3.8) is 0 Å². The smallest absolute Gasteiger partial charge is 0.124 e. The van der Waals surface area contributed by atoms with Gasteiger partial charge in [-0.05, 0) is 18.2 Å². The summed E-state index contributed by atoms with van der Waals surface area (Å²) in [5.41, 5.74) is 8.28. The van der Waals surface area contributed by atoms with Crippen molar-refractivity contribution in [2.24, 2.45) is 0 Å². The fraction of sp³-hybridized carbons (Fsp3) is 0.133. The molecule has 2 aromatic rings. The average molecular weight is 269 g/mol. The summed E-state index contributed by atoms with van der Waals surface area (Å²) >= 11 is 0. The highest BCUT2D eigenvalue weighted by Gasteiger charge is 2.04. The van der Waals surface area contributed by atoms with E-state index in [0.717, 1.165) is 11.4 Å². The second-order valence-electron chi connectivity index (χ2n) is 4.14. The second kappa shape index (κ2) is 5.85. The average Bonchev–Trinajstić information content (AvgIpc) is 2.47. The highest BCUT2D eigenvalue weighted by atomic mass is 16.5. The summed E-state index contributed by atoms with van der Waals surface area (Å²) in [7, 11) is 3.19. The van der Waals surface area contributed by atoms with Crippen molar-refractivity contribution in [1.82, 2.24) is 0 Å². The molecule has 0 radical (unpaired) electrons. The number of hydrogen-bond acceptors (Lipinski definition) is 5. The summed E-state index contributed by atoms with van der Waals surface area (Å²) in [6, 6.07) is 12.7. The quantitative estimate of drug-likeness (QED) is 0.834. The summed E-state index contributed by atoms with van der Waals surface area (Å²) in [5.74, 6) is 1.38. The molecular weight excluding hydrogens is 254 g/mol. The Morgan fingerprint density at radius 3 is 2.15 bits per heavy atom. The highest BCUT2D eigenvalue weighted by molar-refractivity contribution is 5.69. The van der Waals surface area contributed by atoms with Gasteiger partial charge in [-0.2, -0.15) is 5.26 Å². The van der Waals surface area contributed by atoms with E-state index >= 15 is 0 Å². The van der Waals surface area contributed by atoms with Crippen molar-refractivity contribution in [2.75, 3.05) is 25.3 Å². The fourth-order valence-corrected chi connectivity index (χ4v) is 1.79. The van der Waals surface area contributed by atoms with Crippen LogP contribution in [0.1, 0.15) is 5.56 Å². The van der Waals surface area contributed by atoms with Gasteiger partial charge in [0.05, 0.1) is 25.5 Å². The van der Waals surface area contributed by atoms with Gasteiger partial charge in [-0.1, -0.05) is 0 Å². The number of anilines is 3. The minimum Gasteiger partial charge on any atom is -0.497 e. The van der Waals surface area contributed by atoms with E-state index < -0.39 is 0 Å². The Labute approximate surface area is 117 Å². The molecule has 0 saturated heterocycles. The van der Waals surface area contributed by atoms with Crippen molar-refractivity contribution < 1.29 is 9.47 Å². The normalized spacial score (nSPS) is 9.65. The van der Waals surface area contributed by atoms with Gasteiger partial charge in [0.25, 0.3) is 0 Å². The first-order valence-electron chi connectivity index (χ1n) is 5.96. The Morgan fingerprint density at radius 1 is 1.00 bits per heavy atom. The van der Waals surface area contributed by atoms with Gasteiger partial charge in [-0.15, -0.1) is 0 Å². The van der Waals surface area contributed by atoms with Gasteiger partial charge in [0.1, 0.15) is 17.6 Å². The van der Waals surface area contributed by atoms with Crippen LogP contribution in [0.2, 0.25) is 0 Å². The first-order valence-corrected chi connectivity index (χ1v) is 5.96. The number of nitriles is 1. The molecule has 0 aliphatic carbocycles. The molecule has 0 aliphatic rings. The molecule has 0 spiro atoms. The van der Waals surface area contributed by atoms with Gasteiger partial charge in [0.15, 0.2) is 0 Å². The zero-order valence-electron chi connectivity index (χ0n) is 11.3. The van der Waals surface area contributed by atoms with Crippen LogP contribution in [0.3, 0.4) is 0 Å². The predicted molar refractivity (Wildman–Crippen MR) is 78.4 cm³/mol. The lowest BCUT2D eigenvalue weighted by Crippen LogP contribution is -1.96. The lowest BCUT2D eigenvalue weighted by atomic mass is 10.1. The molecule has 102 valence electrons. The maximum Gasteiger partial charge on any atom is 0.124 e. The number of rotatable bonds is 4. The number of nitrogens with zero attached hydrogens (tertiary/aromatic N) is 1. The van der Waals surface area contributed by atoms with E-state index in [2.05, 4.69) is 5.32 Å². The van der Waals surface area contributed by atoms with Gasteiger partial charge < -0.3 is 20.5 Å². The van der Waals surface area contributed by atoms with Gasteiger partial charge >= 0.3 is 0 Å². The molecule has 0 unspecified atom stereocenters. The van der Waals surface area contributed by atoms with Crippen LogP contribution >= 0.6 is 0 Å². The van der Waals surface area contributed by atoms with Crippen molar-refractivity contribution in [3.8, 4) is 17.6 Å². The third-order valence-corrected chi connectivity index (χ3v) is 2.81. The fourth-order valence-electron chi connectivity index (χ4n) is 1.79. The molecule has 20 heavy (non-hydrogen) atoms. The van der Waals surface area contributed by atoms with E-state index in [-0.39, 0.29) is 0 Å². The third kappa shape index (κ3) is 2.93. The summed E-state index contributed by atoms with van der Waals surface area (Å²) in [6.45, 7) is 0. The second-order valence-corrected chi connectivity index (χ2v) is 4.14. The zero-order chi connectivity index (χ0) is 14.5. The lowest BCUT2D eigenvalue weighted by molar-refractivity contribution is 0.395. The van der Waals surface area contributed by atoms with Crippen molar-refractivity contribution in [2.45, 2.75) is 0 Å². The Balaban J connectivity index is 2.30. The lowest BCUT2D eigenvalue weighted by Gasteiger charge is -2.11. The molecule has 5 heteroatoms. The van der Waals surface area contributed by atoms with Crippen LogP contribution < -0.4 is 20.5 Å². The molecule has 0 atom stereocenters. The van der Waals surface area contributed by atoms with E-state index in [1.807, 2.05) is 18.2 Å². The molecule has 0 saturated carbocycles. The first-order chi connectivity index (χ1) is 9.66. The maximum atomic E-state index is 8.85. The van der Waals surface area contributed by atoms with Crippen molar-refractivity contribution >= 4 is 17.1 Å². The van der Waals surface area contributed by atoms with Crippen LogP contribution in [0.15, 0.2) is 36.4 Å². The monoisotopic (exact) mass is 269 g/mol. The molecule has 2 aromatic carbocycles. The Kier molecular flexibility index (Phi) is 3.96. The molecule has 0 heterocycles. The molecule has 0 fully saturated rings. The van der Waals surface area contributed by atoms with Crippen LogP contribution in [0.5, 0.6) is 11.5 Å². The molecule has 0 amide bonds. The van der Waals surface area contributed by atoms with Gasteiger partial charge in [-0.25, -0.2) is 0 Å². The molecule has 0 aliphatic heterocycles. The summed E-state index contributed by atoms with van der Waals surface area (Å²) < 4.78 is 10.4. The third-order valence-electron chi connectivity index (χ3n) is 2.81. The van der Waals surface area contributed by atoms with Gasteiger partial charge in [-0.3, -0.25) is 0 Å². The highest BCUT2D eigenvalue weighted by Crippen LogP contribution is 2.29. The summed E-state index contributed by atoms with van der Waals surface area (Å²) in [5, 5.41) is 12.0. The Hall–Kier alpha value is -2.87. The molecular formula is C15H15N3O2. The number of benzene rings is 2. The van der Waals surface area contributed by atoms with Crippen molar-refractivity contribution in [3.05, 3.63) is 42.0 Å². The van der Waals surface area contributed by atoms with Crippen LogP contribution in [0.4, 0.5) is 17.1 Å². The van der Waals surface area contributed by atoms with E-state index in [4.69, 9.17) is 20.5 Å². The number of methoxy groups -OCH3 is 2. The number of ether oxygens (including phenoxy) is 2. The van der Waals surface area contributed by atoms with Crippen LogP contribution in [-0.2, 0) is 0 Å². The van der Waals surface area contributed by atoms with E-state index in [1.165, 1.54) is 0 Å². The Morgan fingerprint density at radius 2 is 1.65 bits per heavy atom. The summed E-state index contributed by atoms with van der Waals surface area (Å²) in [4.78, 5) is 0. The number of hydrogen-bond donors (Lipinski definition) is 2. The maximum absolute atomic E-state index is 8.85.